The van der Waals surface area contributed by atoms with Gasteiger partial charge in [0.2, 0.25) is 5.91 Å². The first-order chi connectivity index (χ1) is 10.7. The summed E-state index contributed by atoms with van der Waals surface area (Å²) in [6, 6.07) is 3.42. The summed E-state index contributed by atoms with van der Waals surface area (Å²) in [6.45, 7) is 4.71. The van der Waals surface area contributed by atoms with Crippen LogP contribution in [0.1, 0.15) is 13.0 Å². The van der Waals surface area contributed by atoms with E-state index in [1.807, 2.05) is 34.7 Å². The van der Waals surface area contributed by atoms with Gasteiger partial charge in [0.25, 0.3) is 0 Å². The summed E-state index contributed by atoms with van der Waals surface area (Å²) >= 11 is 6.18. The maximum atomic E-state index is 12.5. The van der Waals surface area contributed by atoms with Crippen LogP contribution in [0.3, 0.4) is 0 Å². The number of hydrogen-bond donors (Lipinski definition) is 0. The van der Waals surface area contributed by atoms with Gasteiger partial charge in [-0.2, -0.15) is 0 Å². The number of aromatic nitrogens is 3. The predicted octanol–water partition coefficient (Wildman–Crippen LogP) is 1.84. The van der Waals surface area contributed by atoms with Crippen molar-refractivity contribution in [3.05, 3.63) is 42.1 Å². The van der Waals surface area contributed by atoms with Crippen molar-refractivity contribution in [1.29, 1.82) is 0 Å². The molecular weight excluding hydrogens is 302 g/mol. The van der Waals surface area contributed by atoms with E-state index in [1.54, 1.807) is 18.7 Å². The number of piperazine rings is 1. The first-order valence-electron chi connectivity index (χ1n) is 7.28. The molecule has 3 heterocycles. The van der Waals surface area contributed by atoms with Gasteiger partial charge in [-0.25, -0.2) is 9.97 Å². The van der Waals surface area contributed by atoms with Gasteiger partial charge in [-0.3, -0.25) is 4.79 Å². The number of nitrogens with zero attached hydrogens (tertiary/aromatic N) is 5. The van der Waals surface area contributed by atoms with E-state index in [-0.39, 0.29) is 11.9 Å². The monoisotopic (exact) mass is 319 g/mol. The quantitative estimate of drug-likeness (QED) is 0.866. The van der Waals surface area contributed by atoms with Crippen molar-refractivity contribution < 1.29 is 4.79 Å². The highest BCUT2D eigenvalue weighted by molar-refractivity contribution is 6.32. The van der Waals surface area contributed by atoms with Gasteiger partial charge < -0.3 is 14.4 Å². The lowest BCUT2D eigenvalue weighted by Gasteiger charge is -2.36. The second kappa shape index (κ2) is 6.36. The van der Waals surface area contributed by atoms with Gasteiger partial charge in [-0.05, 0) is 19.1 Å². The average Bonchev–Trinajstić information content (AvgIpc) is 3.09. The van der Waals surface area contributed by atoms with Crippen LogP contribution in [0.25, 0.3) is 0 Å². The van der Waals surface area contributed by atoms with E-state index in [0.717, 1.165) is 18.9 Å². The highest BCUT2D eigenvalue weighted by Crippen LogP contribution is 2.23. The summed E-state index contributed by atoms with van der Waals surface area (Å²) in [4.78, 5) is 24.8. The molecule has 1 amide bonds. The third-order valence-electron chi connectivity index (χ3n) is 3.96. The second-order valence-electron chi connectivity index (χ2n) is 5.31. The van der Waals surface area contributed by atoms with Crippen molar-refractivity contribution in [1.82, 2.24) is 19.4 Å². The van der Waals surface area contributed by atoms with Crippen LogP contribution < -0.4 is 4.90 Å². The van der Waals surface area contributed by atoms with Gasteiger partial charge in [-0.1, -0.05) is 11.6 Å². The first-order valence-corrected chi connectivity index (χ1v) is 7.66. The van der Waals surface area contributed by atoms with Crippen molar-refractivity contribution in [2.24, 2.45) is 0 Å². The molecule has 1 fully saturated rings. The Balaban J connectivity index is 1.62. The van der Waals surface area contributed by atoms with Gasteiger partial charge in [0.1, 0.15) is 11.9 Å². The van der Waals surface area contributed by atoms with Gasteiger partial charge >= 0.3 is 0 Å². The Morgan fingerprint density at radius 3 is 2.68 bits per heavy atom. The fourth-order valence-electron chi connectivity index (χ4n) is 2.64. The molecule has 2 aromatic heterocycles. The molecule has 1 saturated heterocycles. The number of amides is 1. The normalized spacial score (nSPS) is 16.6. The molecule has 1 aliphatic rings. The Labute approximate surface area is 134 Å². The van der Waals surface area contributed by atoms with Crippen LogP contribution in [-0.4, -0.2) is 51.5 Å². The molecule has 0 unspecified atom stereocenters. The number of rotatable bonds is 3. The Hall–Kier alpha value is -2.08. The number of carbonyl (C=O) groups is 1. The van der Waals surface area contributed by atoms with Crippen LogP contribution >= 0.6 is 11.6 Å². The maximum absolute atomic E-state index is 12.5. The third kappa shape index (κ3) is 2.92. The lowest BCUT2D eigenvalue weighted by Crippen LogP contribution is -2.50. The summed E-state index contributed by atoms with van der Waals surface area (Å²) in [5.41, 5.74) is 0. The van der Waals surface area contributed by atoms with Crippen molar-refractivity contribution in [3.63, 3.8) is 0 Å². The van der Waals surface area contributed by atoms with Gasteiger partial charge in [0.05, 0.1) is 11.3 Å². The highest BCUT2D eigenvalue weighted by Gasteiger charge is 2.26. The van der Waals surface area contributed by atoms with Crippen LogP contribution in [0.15, 0.2) is 37.1 Å². The van der Waals surface area contributed by atoms with Crippen LogP contribution in [0.4, 0.5) is 5.82 Å². The minimum absolute atomic E-state index is 0.116. The predicted molar refractivity (Wildman–Crippen MR) is 85.0 cm³/mol. The molecule has 0 saturated carbocycles. The SMILES string of the molecule is C[C@H](C(=O)N1CCN(c2ncccc2Cl)CC1)n1ccnc1. The molecule has 0 aliphatic carbocycles. The zero-order chi connectivity index (χ0) is 15.5. The van der Waals surface area contributed by atoms with Gasteiger partial charge in [-0.15, -0.1) is 0 Å². The molecule has 0 aromatic carbocycles. The van der Waals surface area contributed by atoms with Gasteiger partial charge in [0, 0.05) is 44.8 Å². The number of carbonyl (C=O) groups excluding carboxylic acids is 1. The Morgan fingerprint density at radius 1 is 1.27 bits per heavy atom. The molecule has 116 valence electrons. The number of hydrogen-bond acceptors (Lipinski definition) is 4. The average molecular weight is 320 g/mol. The molecule has 0 N–H and O–H groups in total. The smallest absolute Gasteiger partial charge is 0.245 e. The first kappa shape index (κ1) is 14.8. The van der Waals surface area contributed by atoms with Crippen molar-refractivity contribution in [2.45, 2.75) is 13.0 Å². The van der Waals surface area contributed by atoms with Crippen LogP contribution in [0.5, 0.6) is 0 Å². The number of anilines is 1. The van der Waals surface area contributed by atoms with Crippen molar-refractivity contribution in [2.75, 3.05) is 31.1 Å². The van der Waals surface area contributed by atoms with E-state index < -0.39 is 0 Å². The molecule has 0 bridgehead atoms. The van der Waals surface area contributed by atoms with E-state index in [0.29, 0.717) is 18.1 Å². The zero-order valence-electron chi connectivity index (χ0n) is 12.4. The Morgan fingerprint density at radius 2 is 2.05 bits per heavy atom. The molecule has 7 heteroatoms. The van der Waals surface area contributed by atoms with E-state index in [1.165, 1.54) is 0 Å². The van der Waals surface area contributed by atoms with Crippen molar-refractivity contribution in [3.8, 4) is 0 Å². The van der Waals surface area contributed by atoms with Gasteiger partial charge in [0.15, 0.2) is 0 Å². The molecule has 6 nitrogen and oxygen atoms in total. The molecule has 1 atom stereocenters. The minimum Gasteiger partial charge on any atom is -0.352 e. The summed E-state index contributed by atoms with van der Waals surface area (Å²) in [5.74, 6) is 0.906. The molecular formula is C15H18ClN5O. The summed E-state index contributed by atoms with van der Waals surface area (Å²) in [6.07, 6.45) is 6.91. The van der Waals surface area contributed by atoms with E-state index in [2.05, 4.69) is 14.9 Å². The molecule has 0 spiro atoms. The Kier molecular flexibility index (Phi) is 4.29. The molecule has 3 rings (SSSR count). The third-order valence-corrected chi connectivity index (χ3v) is 4.25. The van der Waals surface area contributed by atoms with Crippen LogP contribution in [-0.2, 0) is 4.79 Å². The lowest BCUT2D eigenvalue weighted by atomic mass is 10.2. The molecule has 22 heavy (non-hydrogen) atoms. The highest BCUT2D eigenvalue weighted by atomic mass is 35.5. The molecule has 1 aliphatic heterocycles. The molecule has 2 aromatic rings. The number of imidazole rings is 1. The Bertz CT molecular complexity index is 637. The van der Waals surface area contributed by atoms with Crippen LogP contribution in [0.2, 0.25) is 5.02 Å². The largest absolute Gasteiger partial charge is 0.352 e. The number of halogens is 1. The van der Waals surface area contributed by atoms with E-state index in [9.17, 15) is 4.79 Å². The maximum Gasteiger partial charge on any atom is 0.245 e. The fourth-order valence-corrected chi connectivity index (χ4v) is 2.88. The lowest BCUT2D eigenvalue weighted by molar-refractivity contribution is -0.134. The zero-order valence-corrected chi connectivity index (χ0v) is 13.1. The second-order valence-corrected chi connectivity index (χ2v) is 5.71. The number of pyridine rings is 1. The topological polar surface area (TPSA) is 54.3 Å². The fraction of sp³-hybridized carbons (Fsp3) is 0.400. The summed E-state index contributed by atoms with van der Waals surface area (Å²) < 4.78 is 1.82. The summed E-state index contributed by atoms with van der Waals surface area (Å²) in [7, 11) is 0. The molecule has 0 radical (unpaired) electrons. The standard InChI is InChI=1S/C15H18ClN5O/c1-12(21-6-5-17-11-21)15(22)20-9-7-19(8-10-20)14-13(16)3-2-4-18-14/h2-6,11-12H,7-10H2,1H3/t12-/m1/s1. The summed E-state index contributed by atoms with van der Waals surface area (Å²) in [5, 5.41) is 0.647. The van der Waals surface area contributed by atoms with E-state index >= 15 is 0 Å². The van der Waals surface area contributed by atoms with Crippen LogP contribution in [0, 0.1) is 0 Å². The van der Waals surface area contributed by atoms with Crippen molar-refractivity contribution >= 4 is 23.3 Å². The van der Waals surface area contributed by atoms with E-state index in [4.69, 9.17) is 11.6 Å². The minimum atomic E-state index is -0.229.